The summed E-state index contributed by atoms with van der Waals surface area (Å²) in [5.41, 5.74) is 1.88. The van der Waals surface area contributed by atoms with E-state index in [9.17, 15) is 0 Å². The van der Waals surface area contributed by atoms with Gasteiger partial charge in [-0.05, 0) is 25.1 Å². The zero-order chi connectivity index (χ0) is 13.7. The first-order chi connectivity index (χ1) is 9.20. The predicted octanol–water partition coefficient (Wildman–Crippen LogP) is 3.14. The number of methoxy groups -OCH3 is 1. The zero-order valence-electron chi connectivity index (χ0n) is 11.0. The van der Waals surface area contributed by atoms with Crippen LogP contribution in [0.15, 0.2) is 30.3 Å². The van der Waals surface area contributed by atoms with E-state index in [-0.39, 0.29) is 0 Å². The lowest BCUT2D eigenvalue weighted by molar-refractivity contribution is 0.146. The molecule has 0 aliphatic rings. The minimum atomic E-state index is 0.512. The molecule has 0 fully saturated rings. The van der Waals surface area contributed by atoms with Crippen molar-refractivity contribution in [2.24, 2.45) is 0 Å². The molecule has 0 bridgehead atoms. The summed E-state index contributed by atoms with van der Waals surface area (Å²) in [6.45, 7) is 2.95. The first-order valence-electron chi connectivity index (χ1n) is 6.00. The predicted molar refractivity (Wildman–Crippen MR) is 77.0 cm³/mol. The van der Waals surface area contributed by atoms with Crippen LogP contribution in [-0.2, 0) is 4.74 Å². The van der Waals surface area contributed by atoms with Gasteiger partial charge in [0.2, 0.25) is 0 Å². The van der Waals surface area contributed by atoms with Crippen LogP contribution in [-0.4, -0.2) is 30.3 Å². The van der Waals surface area contributed by atoms with Gasteiger partial charge in [0.1, 0.15) is 22.8 Å². The number of aromatic nitrogens is 2. The van der Waals surface area contributed by atoms with E-state index in [0.717, 1.165) is 22.8 Å². The Morgan fingerprint density at radius 3 is 2.79 bits per heavy atom. The summed E-state index contributed by atoms with van der Waals surface area (Å²) in [6.07, 6.45) is 0. The van der Waals surface area contributed by atoms with E-state index >= 15 is 0 Å². The Balaban J connectivity index is 2.35. The number of hydrogen-bond acceptors (Lipinski definition) is 4. The van der Waals surface area contributed by atoms with Crippen LogP contribution >= 0.6 is 12.2 Å². The highest BCUT2D eigenvalue weighted by atomic mass is 32.1. The average Bonchev–Trinajstić information content (AvgIpc) is 2.38. The summed E-state index contributed by atoms with van der Waals surface area (Å²) >= 11 is 5.14. The molecule has 0 atom stereocenters. The standard InChI is InChI=1S/C14H16N2O2S/c1-10-15-12(9-14(19)16-10)11-5-3-4-6-13(11)18-8-7-17-2/h3-6,9H,7-8H2,1-2H3,(H,15,16,19). The first-order valence-corrected chi connectivity index (χ1v) is 6.40. The van der Waals surface area contributed by atoms with E-state index in [4.69, 9.17) is 21.7 Å². The SMILES string of the molecule is COCCOc1ccccc1-c1cc(=S)nc(C)[nH]1. The Morgan fingerprint density at radius 1 is 1.26 bits per heavy atom. The lowest BCUT2D eigenvalue weighted by Gasteiger charge is -2.11. The Kier molecular flexibility index (Phi) is 4.65. The highest BCUT2D eigenvalue weighted by Gasteiger charge is 2.07. The molecular formula is C14H16N2O2S. The van der Waals surface area contributed by atoms with Gasteiger partial charge in [-0.15, -0.1) is 0 Å². The number of benzene rings is 1. The van der Waals surface area contributed by atoms with Crippen molar-refractivity contribution in [3.8, 4) is 17.0 Å². The molecule has 1 aromatic carbocycles. The number of H-pyrrole nitrogens is 1. The van der Waals surface area contributed by atoms with Crippen molar-refractivity contribution in [3.63, 3.8) is 0 Å². The number of aryl methyl sites for hydroxylation is 1. The van der Waals surface area contributed by atoms with Crippen LogP contribution in [0.3, 0.4) is 0 Å². The molecule has 4 nitrogen and oxygen atoms in total. The second-order valence-corrected chi connectivity index (χ2v) is 4.47. The first kappa shape index (κ1) is 13.7. The van der Waals surface area contributed by atoms with E-state index in [1.807, 2.05) is 37.3 Å². The van der Waals surface area contributed by atoms with Gasteiger partial charge in [-0.1, -0.05) is 24.4 Å². The van der Waals surface area contributed by atoms with Crippen LogP contribution in [0.1, 0.15) is 5.82 Å². The normalized spacial score (nSPS) is 10.4. The fourth-order valence-electron chi connectivity index (χ4n) is 1.78. The van der Waals surface area contributed by atoms with Crippen molar-refractivity contribution in [2.75, 3.05) is 20.3 Å². The Labute approximate surface area is 117 Å². The number of nitrogens with zero attached hydrogens (tertiary/aromatic N) is 1. The average molecular weight is 276 g/mol. The number of ether oxygens (including phenoxy) is 2. The Morgan fingerprint density at radius 2 is 2.05 bits per heavy atom. The lowest BCUT2D eigenvalue weighted by atomic mass is 10.1. The van der Waals surface area contributed by atoms with Crippen LogP contribution in [0.4, 0.5) is 0 Å². The third kappa shape index (κ3) is 3.62. The number of aromatic amines is 1. The molecule has 0 amide bonds. The van der Waals surface area contributed by atoms with Gasteiger partial charge >= 0.3 is 0 Å². The van der Waals surface area contributed by atoms with Crippen molar-refractivity contribution in [1.29, 1.82) is 0 Å². The van der Waals surface area contributed by atoms with Gasteiger partial charge in [0.15, 0.2) is 0 Å². The van der Waals surface area contributed by atoms with Crippen LogP contribution < -0.4 is 4.74 Å². The summed E-state index contributed by atoms with van der Waals surface area (Å²) in [6, 6.07) is 9.65. The molecule has 1 heterocycles. The minimum absolute atomic E-state index is 0.512. The van der Waals surface area contributed by atoms with Gasteiger partial charge < -0.3 is 14.5 Å². The molecule has 0 aliphatic heterocycles. The molecule has 0 saturated carbocycles. The topological polar surface area (TPSA) is 47.1 Å². The summed E-state index contributed by atoms with van der Waals surface area (Å²) in [5, 5.41) is 0. The maximum Gasteiger partial charge on any atom is 0.130 e. The molecule has 0 spiro atoms. The molecule has 2 rings (SSSR count). The largest absolute Gasteiger partial charge is 0.490 e. The number of nitrogens with one attached hydrogen (secondary N) is 1. The molecule has 5 heteroatoms. The van der Waals surface area contributed by atoms with Crippen molar-refractivity contribution in [3.05, 3.63) is 40.8 Å². The van der Waals surface area contributed by atoms with Gasteiger partial charge in [-0.25, -0.2) is 4.98 Å². The third-order valence-corrected chi connectivity index (χ3v) is 2.79. The van der Waals surface area contributed by atoms with E-state index < -0.39 is 0 Å². The van der Waals surface area contributed by atoms with Crippen molar-refractivity contribution < 1.29 is 9.47 Å². The molecule has 0 saturated heterocycles. The fraction of sp³-hybridized carbons (Fsp3) is 0.286. The minimum Gasteiger partial charge on any atom is -0.490 e. The molecular weight excluding hydrogens is 260 g/mol. The number of para-hydroxylation sites is 1. The molecule has 1 N–H and O–H groups in total. The van der Waals surface area contributed by atoms with Crippen LogP contribution in [0.25, 0.3) is 11.3 Å². The van der Waals surface area contributed by atoms with Gasteiger partial charge in [0.25, 0.3) is 0 Å². The van der Waals surface area contributed by atoms with Crippen LogP contribution in [0.5, 0.6) is 5.75 Å². The Bertz CT molecular complexity index is 610. The molecule has 2 aromatic rings. The molecule has 100 valence electrons. The van der Waals surface area contributed by atoms with Crippen LogP contribution in [0, 0.1) is 11.6 Å². The van der Waals surface area contributed by atoms with Crippen molar-refractivity contribution in [2.45, 2.75) is 6.92 Å². The second kappa shape index (κ2) is 6.45. The maximum absolute atomic E-state index is 5.71. The lowest BCUT2D eigenvalue weighted by Crippen LogP contribution is -2.05. The number of hydrogen-bond donors (Lipinski definition) is 1. The van der Waals surface area contributed by atoms with Gasteiger partial charge in [-0.3, -0.25) is 0 Å². The summed E-state index contributed by atoms with van der Waals surface area (Å²) in [5.74, 6) is 1.59. The highest BCUT2D eigenvalue weighted by Crippen LogP contribution is 2.28. The number of rotatable bonds is 5. The van der Waals surface area contributed by atoms with Gasteiger partial charge in [0, 0.05) is 12.7 Å². The monoisotopic (exact) mass is 276 g/mol. The van der Waals surface area contributed by atoms with Crippen molar-refractivity contribution in [1.82, 2.24) is 9.97 Å². The third-order valence-electron chi connectivity index (χ3n) is 2.58. The molecule has 0 radical (unpaired) electrons. The van der Waals surface area contributed by atoms with Gasteiger partial charge in [-0.2, -0.15) is 0 Å². The smallest absolute Gasteiger partial charge is 0.130 e. The molecule has 1 aromatic heterocycles. The summed E-state index contributed by atoms with van der Waals surface area (Å²) in [7, 11) is 1.65. The molecule has 0 aliphatic carbocycles. The fourth-order valence-corrected chi connectivity index (χ4v) is 2.03. The van der Waals surface area contributed by atoms with E-state index in [2.05, 4.69) is 9.97 Å². The van der Waals surface area contributed by atoms with Crippen molar-refractivity contribution >= 4 is 12.2 Å². The zero-order valence-corrected chi connectivity index (χ0v) is 11.8. The van der Waals surface area contributed by atoms with E-state index in [1.54, 1.807) is 7.11 Å². The quantitative estimate of drug-likeness (QED) is 0.673. The molecule has 0 unspecified atom stereocenters. The second-order valence-electron chi connectivity index (χ2n) is 4.06. The van der Waals surface area contributed by atoms with Crippen LogP contribution in [0.2, 0.25) is 0 Å². The van der Waals surface area contributed by atoms with E-state index in [1.165, 1.54) is 0 Å². The Hall–Kier alpha value is -1.72. The van der Waals surface area contributed by atoms with Gasteiger partial charge in [0.05, 0.1) is 12.3 Å². The summed E-state index contributed by atoms with van der Waals surface area (Å²) < 4.78 is 11.3. The summed E-state index contributed by atoms with van der Waals surface area (Å²) in [4.78, 5) is 7.37. The maximum atomic E-state index is 5.71. The highest BCUT2D eigenvalue weighted by molar-refractivity contribution is 7.71. The van der Waals surface area contributed by atoms with E-state index in [0.29, 0.717) is 17.9 Å². The molecule has 19 heavy (non-hydrogen) atoms.